The molecule has 0 radical (unpaired) electrons. The predicted molar refractivity (Wildman–Crippen MR) is 78.3 cm³/mol. The second-order valence-electron chi connectivity index (χ2n) is 5.06. The van der Waals surface area contributed by atoms with Crippen molar-refractivity contribution in [2.24, 2.45) is 0 Å². The van der Waals surface area contributed by atoms with Gasteiger partial charge in [0, 0.05) is 10.4 Å². The summed E-state index contributed by atoms with van der Waals surface area (Å²) in [4.78, 5) is 12.3. The zero-order valence-electron chi connectivity index (χ0n) is 10.4. The van der Waals surface area contributed by atoms with E-state index in [-0.39, 0.29) is 11.4 Å². The number of aryl methyl sites for hydroxylation is 1. The van der Waals surface area contributed by atoms with Gasteiger partial charge in [-0.25, -0.2) is 0 Å². The third-order valence-electron chi connectivity index (χ3n) is 3.56. The molecule has 18 heavy (non-hydrogen) atoms. The molecule has 0 aromatic heterocycles. The fourth-order valence-electron chi connectivity index (χ4n) is 2.47. The van der Waals surface area contributed by atoms with Gasteiger partial charge in [-0.2, -0.15) is 0 Å². The maximum Gasteiger partial charge on any atom is 0.252 e. The van der Waals surface area contributed by atoms with Crippen molar-refractivity contribution in [3.63, 3.8) is 0 Å². The lowest BCUT2D eigenvalue weighted by atomic mass is 9.99. The average Bonchev–Trinajstić information content (AvgIpc) is 2.81. The van der Waals surface area contributed by atoms with Crippen molar-refractivity contribution in [2.75, 3.05) is 5.88 Å². The normalized spacial score (nSPS) is 17.7. The Morgan fingerprint density at radius 3 is 2.72 bits per heavy atom. The molecule has 1 amide bonds. The van der Waals surface area contributed by atoms with Gasteiger partial charge in [0.1, 0.15) is 0 Å². The van der Waals surface area contributed by atoms with Gasteiger partial charge in [-0.05, 0) is 47.8 Å². The fraction of sp³-hybridized carbons (Fsp3) is 0.500. The van der Waals surface area contributed by atoms with Gasteiger partial charge in [0.25, 0.3) is 5.91 Å². The summed E-state index contributed by atoms with van der Waals surface area (Å²) >= 11 is 9.47. The number of carbonyl (C=O) groups excluding carboxylic acids is 1. The highest BCUT2D eigenvalue weighted by Crippen LogP contribution is 2.31. The molecule has 1 aromatic rings. The molecule has 1 aliphatic rings. The number of amides is 1. The van der Waals surface area contributed by atoms with Crippen LogP contribution in [0.1, 0.15) is 41.6 Å². The Balaban J connectivity index is 2.18. The van der Waals surface area contributed by atoms with Crippen LogP contribution >= 0.6 is 27.5 Å². The maximum absolute atomic E-state index is 12.3. The molecule has 0 spiro atoms. The lowest BCUT2D eigenvalue weighted by Gasteiger charge is -2.28. The number of carbonyl (C=O) groups is 1. The van der Waals surface area contributed by atoms with Crippen LogP contribution in [0, 0.1) is 6.92 Å². The first kappa shape index (κ1) is 13.9. The predicted octanol–water partition coefficient (Wildman–Crippen LogP) is 4.04. The summed E-state index contributed by atoms with van der Waals surface area (Å²) in [6, 6.07) is 5.79. The topological polar surface area (TPSA) is 29.1 Å². The van der Waals surface area contributed by atoms with E-state index in [0.717, 1.165) is 35.7 Å². The molecule has 0 heterocycles. The molecule has 0 atom stereocenters. The lowest BCUT2D eigenvalue weighted by molar-refractivity contribution is 0.0908. The molecule has 0 unspecified atom stereocenters. The number of hydrogen-bond acceptors (Lipinski definition) is 1. The Hall–Kier alpha value is -0.540. The van der Waals surface area contributed by atoms with E-state index < -0.39 is 0 Å². The number of nitrogens with one attached hydrogen (secondary N) is 1. The van der Waals surface area contributed by atoms with Gasteiger partial charge in [-0.15, -0.1) is 11.6 Å². The molecular formula is C14H17BrClNO. The first-order valence-corrected chi connectivity index (χ1v) is 7.54. The molecular weight excluding hydrogens is 314 g/mol. The molecule has 98 valence electrons. The first-order chi connectivity index (χ1) is 8.56. The molecule has 1 fully saturated rings. The fourth-order valence-corrected chi connectivity index (χ4v) is 3.23. The largest absolute Gasteiger partial charge is 0.345 e. The Morgan fingerprint density at radius 1 is 1.44 bits per heavy atom. The van der Waals surface area contributed by atoms with Crippen LogP contribution in [0.25, 0.3) is 0 Å². The number of benzene rings is 1. The van der Waals surface area contributed by atoms with Crippen LogP contribution in [0.5, 0.6) is 0 Å². The summed E-state index contributed by atoms with van der Waals surface area (Å²) < 4.78 is 0.827. The first-order valence-electron chi connectivity index (χ1n) is 6.21. The van der Waals surface area contributed by atoms with Crippen LogP contribution in [-0.4, -0.2) is 17.3 Å². The second kappa shape index (κ2) is 5.62. The molecule has 4 heteroatoms. The monoisotopic (exact) mass is 329 g/mol. The van der Waals surface area contributed by atoms with Crippen LogP contribution in [0.15, 0.2) is 22.7 Å². The standard InChI is InChI=1S/C14H17BrClNO/c1-10-4-5-12(15)11(8-10)13(18)17-14(9-16)6-2-3-7-14/h4-5,8H,2-3,6-7,9H2,1H3,(H,17,18). The van der Waals surface area contributed by atoms with Gasteiger partial charge < -0.3 is 5.32 Å². The van der Waals surface area contributed by atoms with Gasteiger partial charge in [0.2, 0.25) is 0 Å². The molecule has 1 N–H and O–H groups in total. The van der Waals surface area contributed by atoms with Gasteiger partial charge in [0.15, 0.2) is 0 Å². The zero-order valence-corrected chi connectivity index (χ0v) is 12.8. The minimum atomic E-state index is -0.207. The third-order valence-corrected chi connectivity index (χ3v) is 4.76. The smallest absolute Gasteiger partial charge is 0.252 e. The lowest BCUT2D eigenvalue weighted by Crippen LogP contribution is -2.48. The Bertz CT molecular complexity index is 455. The van der Waals surface area contributed by atoms with E-state index in [2.05, 4.69) is 21.2 Å². The van der Waals surface area contributed by atoms with Crippen molar-refractivity contribution in [3.05, 3.63) is 33.8 Å². The van der Waals surface area contributed by atoms with E-state index in [4.69, 9.17) is 11.6 Å². The summed E-state index contributed by atoms with van der Waals surface area (Å²) in [6.07, 6.45) is 4.24. The number of rotatable bonds is 3. The summed E-state index contributed by atoms with van der Waals surface area (Å²) in [6.45, 7) is 1.98. The van der Waals surface area contributed by atoms with Crippen molar-refractivity contribution in [1.29, 1.82) is 0 Å². The van der Waals surface area contributed by atoms with Crippen LogP contribution in [-0.2, 0) is 0 Å². The van der Waals surface area contributed by atoms with Gasteiger partial charge in [-0.1, -0.05) is 24.5 Å². The minimum absolute atomic E-state index is 0.0341. The second-order valence-corrected chi connectivity index (χ2v) is 6.18. The Kier molecular flexibility index (Phi) is 4.33. The van der Waals surface area contributed by atoms with Crippen molar-refractivity contribution in [1.82, 2.24) is 5.32 Å². The van der Waals surface area contributed by atoms with Gasteiger partial charge >= 0.3 is 0 Å². The van der Waals surface area contributed by atoms with Crippen molar-refractivity contribution in [3.8, 4) is 0 Å². The highest BCUT2D eigenvalue weighted by atomic mass is 79.9. The van der Waals surface area contributed by atoms with E-state index in [0.29, 0.717) is 11.4 Å². The summed E-state index contributed by atoms with van der Waals surface area (Å²) in [5, 5.41) is 3.13. The highest BCUT2D eigenvalue weighted by Gasteiger charge is 2.34. The van der Waals surface area contributed by atoms with Crippen LogP contribution in [0.3, 0.4) is 0 Å². The SMILES string of the molecule is Cc1ccc(Br)c(C(=O)NC2(CCl)CCCC2)c1. The zero-order chi connectivity index (χ0) is 13.2. The van der Waals surface area contributed by atoms with Gasteiger partial charge in [-0.3, -0.25) is 4.79 Å². The van der Waals surface area contributed by atoms with Crippen LogP contribution in [0.2, 0.25) is 0 Å². The molecule has 1 aromatic carbocycles. The van der Waals surface area contributed by atoms with Gasteiger partial charge in [0.05, 0.1) is 11.1 Å². The molecule has 1 saturated carbocycles. The number of hydrogen-bond donors (Lipinski definition) is 1. The summed E-state index contributed by atoms with van der Waals surface area (Å²) in [5.41, 5.74) is 1.56. The Labute approximate surface area is 121 Å². The third kappa shape index (κ3) is 2.89. The Morgan fingerprint density at radius 2 is 2.11 bits per heavy atom. The molecule has 1 aliphatic carbocycles. The molecule has 0 bridgehead atoms. The maximum atomic E-state index is 12.3. The minimum Gasteiger partial charge on any atom is -0.345 e. The van der Waals surface area contributed by atoms with E-state index in [9.17, 15) is 4.79 Å². The van der Waals surface area contributed by atoms with Crippen molar-refractivity contribution >= 4 is 33.4 Å². The van der Waals surface area contributed by atoms with Crippen molar-refractivity contribution < 1.29 is 4.79 Å². The van der Waals surface area contributed by atoms with Crippen LogP contribution < -0.4 is 5.32 Å². The summed E-state index contributed by atoms with van der Waals surface area (Å²) in [7, 11) is 0. The van der Waals surface area contributed by atoms with E-state index in [1.165, 1.54) is 0 Å². The quantitative estimate of drug-likeness (QED) is 0.833. The number of alkyl halides is 1. The van der Waals surface area contributed by atoms with Crippen LogP contribution in [0.4, 0.5) is 0 Å². The van der Waals surface area contributed by atoms with Crippen molar-refractivity contribution in [2.45, 2.75) is 38.1 Å². The van der Waals surface area contributed by atoms with E-state index in [1.54, 1.807) is 0 Å². The molecule has 2 rings (SSSR count). The van der Waals surface area contributed by atoms with E-state index >= 15 is 0 Å². The molecule has 2 nitrogen and oxygen atoms in total. The number of halogens is 2. The molecule has 0 saturated heterocycles. The highest BCUT2D eigenvalue weighted by molar-refractivity contribution is 9.10. The summed E-state index contributed by atoms with van der Waals surface area (Å²) in [5.74, 6) is 0.454. The molecule has 0 aliphatic heterocycles. The average molecular weight is 331 g/mol. The van der Waals surface area contributed by atoms with E-state index in [1.807, 2.05) is 25.1 Å².